The van der Waals surface area contributed by atoms with E-state index in [1.165, 1.54) is 11.3 Å². The van der Waals surface area contributed by atoms with Crippen LogP contribution >= 0.6 is 11.3 Å². The Bertz CT molecular complexity index is 1290. The molecule has 0 saturated carbocycles. The lowest BCUT2D eigenvalue weighted by Crippen LogP contribution is -2.21. The molecule has 2 aromatic carbocycles. The van der Waals surface area contributed by atoms with E-state index in [2.05, 4.69) is 19.2 Å². The maximum absolute atomic E-state index is 12.9. The highest BCUT2D eigenvalue weighted by Gasteiger charge is 2.31. The molecule has 0 aliphatic carbocycles. The molecule has 5 nitrogen and oxygen atoms in total. The van der Waals surface area contributed by atoms with Gasteiger partial charge in [0.15, 0.2) is 9.84 Å². The second-order valence-corrected chi connectivity index (χ2v) is 11.4. The fourth-order valence-corrected chi connectivity index (χ4v) is 6.70. The number of carbonyl (C=O) groups is 1. The van der Waals surface area contributed by atoms with Gasteiger partial charge in [0.1, 0.15) is 5.75 Å². The molecular formula is C25H27NO4S2. The number of hydrogen-bond acceptors (Lipinski definition) is 5. The zero-order valence-corrected chi connectivity index (χ0v) is 20.3. The second-order valence-electron chi connectivity index (χ2n) is 8.35. The fourth-order valence-electron chi connectivity index (χ4n) is 3.85. The number of sulfone groups is 1. The number of nitrogens with one attached hydrogen (secondary N) is 1. The van der Waals surface area contributed by atoms with Crippen LogP contribution in [0.3, 0.4) is 0 Å². The Kier molecular flexibility index (Phi) is 6.14. The Balaban J connectivity index is 1.60. The summed E-state index contributed by atoms with van der Waals surface area (Å²) in [6.07, 6.45) is 0. The Morgan fingerprint density at radius 2 is 1.94 bits per heavy atom. The van der Waals surface area contributed by atoms with Gasteiger partial charge in [-0.25, -0.2) is 8.42 Å². The van der Waals surface area contributed by atoms with Crippen molar-refractivity contribution in [1.82, 2.24) is 5.32 Å². The molecule has 0 atom stereocenters. The first-order valence-corrected chi connectivity index (χ1v) is 13.2. The van der Waals surface area contributed by atoms with E-state index in [1.807, 2.05) is 44.2 Å². The highest BCUT2D eigenvalue weighted by atomic mass is 32.2. The van der Waals surface area contributed by atoms with Crippen molar-refractivity contribution in [3.8, 4) is 16.2 Å². The normalized spacial score (nSPS) is 14.0. The third-order valence-electron chi connectivity index (χ3n) is 5.63. The van der Waals surface area contributed by atoms with Gasteiger partial charge in [-0.3, -0.25) is 4.79 Å². The van der Waals surface area contributed by atoms with E-state index in [1.54, 1.807) is 12.1 Å². The Hall–Kier alpha value is -2.64. The summed E-state index contributed by atoms with van der Waals surface area (Å²) >= 11 is 1.35. The van der Waals surface area contributed by atoms with Crippen LogP contribution in [0.25, 0.3) is 10.4 Å². The molecule has 1 aromatic heterocycles. The van der Waals surface area contributed by atoms with Crippen molar-refractivity contribution in [2.45, 2.75) is 50.8 Å². The summed E-state index contributed by atoms with van der Waals surface area (Å²) in [7, 11) is -3.42. The lowest BCUT2D eigenvalue weighted by molar-refractivity contribution is 0.0955. The molecule has 1 aliphatic rings. The van der Waals surface area contributed by atoms with Crippen molar-refractivity contribution in [3.63, 3.8) is 0 Å². The first-order valence-electron chi connectivity index (χ1n) is 10.7. The summed E-state index contributed by atoms with van der Waals surface area (Å²) in [4.78, 5) is 14.6. The first-order chi connectivity index (χ1) is 15.2. The predicted octanol–water partition coefficient (Wildman–Crippen LogP) is 5.46. The minimum atomic E-state index is -3.42. The monoisotopic (exact) mass is 469 g/mol. The molecule has 0 spiro atoms. The number of benzene rings is 2. The molecule has 0 fully saturated rings. The summed E-state index contributed by atoms with van der Waals surface area (Å²) in [6, 6.07) is 13.1. The molecule has 1 aliphatic heterocycles. The molecular weight excluding hydrogens is 442 g/mol. The van der Waals surface area contributed by atoms with Gasteiger partial charge in [-0.1, -0.05) is 32.0 Å². The zero-order valence-electron chi connectivity index (χ0n) is 18.7. The van der Waals surface area contributed by atoms with Crippen LogP contribution < -0.4 is 10.1 Å². The van der Waals surface area contributed by atoms with Gasteiger partial charge in [-0.15, -0.1) is 11.3 Å². The summed E-state index contributed by atoms with van der Waals surface area (Å²) in [5.41, 5.74) is 4.48. The number of thiophene rings is 1. The van der Waals surface area contributed by atoms with Crippen LogP contribution in [0.2, 0.25) is 0 Å². The van der Waals surface area contributed by atoms with E-state index in [0.717, 1.165) is 27.3 Å². The van der Waals surface area contributed by atoms with Gasteiger partial charge in [0.25, 0.3) is 5.91 Å². The van der Waals surface area contributed by atoms with Crippen LogP contribution in [0, 0.1) is 6.92 Å². The number of amides is 1. The van der Waals surface area contributed by atoms with E-state index in [0.29, 0.717) is 34.1 Å². The van der Waals surface area contributed by atoms with E-state index in [-0.39, 0.29) is 17.6 Å². The molecule has 0 saturated heterocycles. The quantitative estimate of drug-likeness (QED) is 0.520. The minimum absolute atomic E-state index is 0.0736. The van der Waals surface area contributed by atoms with Crippen LogP contribution in [0.4, 0.5) is 0 Å². The van der Waals surface area contributed by atoms with Crippen LogP contribution in [-0.4, -0.2) is 20.9 Å². The fraction of sp³-hybridized carbons (Fsp3) is 0.320. The van der Waals surface area contributed by atoms with Crippen molar-refractivity contribution >= 4 is 27.1 Å². The topological polar surface area (TPSA) is 72.5 Å². The molecule has 2 heterocycles. The van der Waals surface area contributed by atoms with Crippen molar-refractivity contribution in [2.24, 2.45) is 0 Å². The van der Waals surface area contributed by atoms with Crippen LogP contribution in [0.5, 0.6) is 5.75 Å². The number of ether oxygens (including phenoxy) is 1. The molecule has 0 radical (unpaired) electrons. The molecule has 1 amide bonds. The number of carbonyl (C=O) groups excluding carboxylic acids is 1. The zero-order chi connectivity index (χ0) is 23.0. The average Bonchev–Trinajstić information content (AvgIpc) is 3.17. The summed E-state index contributed by atoms with van der Waals surface area (Å²) in [5.74, 6) is 0.818. The summed E-state index contributed by atoms with van der Waals surface area (Å²) in [5, 5.41) is 2.95. The van der Waals surface area contributed by atoms with Crippen LogP contribution in [0.1, 0.15) is 58.6 Å². The number of hydrogen-bond donors (Lipinski definition) is 1. The SMILES string of the molecule is CCOc1cc(CNC(=O)c2cc3c(s2)-c2cc(C(C)C)ccc2S(=O)(=O)C3)ccc1C. The van der Waals surface area contributed by atoms with Gasteiger partial charge in [-0.2, -0.15) is 0 Å². The highest BCUT2D eigenvalue weighted by molar-refractivity contribution is 7.91. The van der Waals surface area contributed by atoms with Gasteiger partial charge < -0.3 is 10.1 Å². The standard InChI is InChI=1S/C25H27NO4S2/c1-5-30-21-10-17(7-6-16(21)4)13-26-25(27)22-12-19-14-32(28,29)23-9-8-18(15(2)3)11-20(23)24(19)31-22/h6-12,15H,5,13-14H2,1-4H3,(H,26,27). The van der Waals surface area contributed by atoms with E-state index in [9.17, 15) is 13.2 Å². The molecule has 32 heavy (non-hydrogen) atoms. The Morgan fingerprint density at radius 3 is 2.66 bits per heavy atom. The maximum Gasteiger partial charge on any atom is 0.261 e. The lowest BCUT2D eigenvalue weighted by atomic mass is 9.99. The van der Waals surface area contributed by atoms with Crippen molar-refractivity contribution in [1.29, 1.82) is 0 Å². The van der Waals surface area contributed by atoms with Gasteiger partial charge in [0.05, 0.1) is 22.1 Å². The van der Waals surface area contributed by atoms with Crippen LogP contribution in [-0.2, 0) is 22.1 Å². The summed E-state index contributed by atoms with van der Waals surface area (Å²) < 4.78 is 31.3. The highest BCUT2D eigenvalue weighted by Crippen LogP contribution is 2.43. The Labute approximate surface area is 193 Å². The van der Waals surface area contributed by atoms with Gasteiger partial charge in [0.2, 0.25) is 0 Å². The molecule has 7 heteroatoms. The van der Waals surface area contributed by atoms with Crippen molar-refractivity contribution in [2.75, 3.05) is 6.61 Å². The largest absolute Gasteiger partial charge is 0.494 e. The molecule has 0 unspecified atom stereocenters. The van der Waals surface area contributed by atoms with Gasteiger partial charge >= 0.3 is 0 Å². The third-order valence-corrected chi connectivity index (χ3v) is 8.56. The van der Waals surface area contributed by atoms with Gasteiger partial charge in [-0.05, 0) is 66.3 Å². The number of fused-ring (bicyclic) bond motifs is 3. The average molecular weight is 470 g/mol. The smallest absolute Gasteiger partial charge is 0.261 e. The van der Waals surface area contributed by atoms with Crippen molar-refractivity contribution < 1.29 is 17.9 Å². The predicted molar refractivity (Wildman–Crippen MR) is 128 cm³/mol. The van der Waals surface area contributed by atoms with Gasteiger partial charge in [0, 0.05) is 17.0 Å². The van der Waals surface area contributed by atoms with E-state index >= 15 is 0 Å². The molecule has 4 rings (SSSR count). The second kappa shape index (κ2) is 8.71. The lowest BCUT2D eigenvalue weighted by Gasteiger charge is -2.18. The first kappa shape index (κ1) is 22.6. The molecule has 1 N–H and O–H groups in total. The minimum Gasteiger partial charge on any atom is -0.494 e. The van der Waals surface area contributed by atoms with Crippen LogP contribution in [0.15, 0.2) is 47.4 Å². The number of rotatable bonds is 6. The van der Waals surface area contributed by atoms with Crippen molar-refractivity contribution in [3.05, 3.63) is 69.6 Å². The third kappa shape index (κ3) is 4.32. The molecule has 168 valence electrons. The maximum atomic E-state index is 12.9. The van der Waals surface area contributed by atoms with E-state index < -0.39 is 9.84 Å². The molecule has 3 aromatic rings. The molecule has 0 bridgehead atoms. The Morgan fingerprint density at radius 1 is 1.16 bits per heavy atom. The number of aryl methyl sites for hydroxylation is 1. The summed E-state index contributed by atoms with van der Waals surface area (Å²) in [6.45, 7) is 9.04. The van der Waals surface area contributed by atoms with E-state index in [4.69, 9.17) is 4.74 Å².